The minimum absolute atomic E-state index is 0. The summed E-state index contributed by atoms with van der Waals surface area (Å²) in [6, 6.07) is 5.00. The number of carbonyl (C=O) groups excluding carboxylic acids is 1. The zero-order chi connectivity index (χ0) is 18.8. The quantitative estimate of drug-likeness (QED) is 0.712. The van der Waals surface area contributed by atoms with Crippen LogP contribution in [0.4, 0.5) is 0 Å². The molecule has 0 aromatic heterocycles. The predicted octanol–water partition coefficient (Wildman–Crippen LogP) is 2.85. The van der Waals surface area contributed by atoms with E-state index >= 15 is 0 Å². The fraction of sp³-hybridized carbons (Fsp3) is 0.632. The Hall–Kier alpha value is -0.850. The summed E-state index contributed by atoms with van der Waals surface area (Å²) < 4.78 is 5.30. The minimum atomic E-state index is -0.975. The predicted molar refractivity (Wildman–Crippen MR) is 107 cm³/mol. The van der Waals surface area contributed by atoms with Crippen LogP contribution in [0.3, 0.4) is 0 Å². The maximum Gasteiger partial charge on any atom is 0.137 e. The van der Waals surface area contributed by atoms with Crippen LogP contribution in [0.25, 0.3) is 0 Å². The summed E-state index contributed by atoms with van der Waals surface area (Å²) in [6.45, 7) is 8.29. The lowest BCUT2D eigenvalue weighted by atomic mass is 9.66. The highest BCUT2D eigenvalue weighted by Crippen LogP contribution is 2.47. The molecule has 0 amide bonds. The van der Waals surface area contributed by atoms with Crippen molar-refractivity contribution >= 4 is 30.3 Å². The van der Waals surface area contributed by atoms with Gasteiger partial charge < -0.3 is 25.3 Å². The molecule has 148 valence electrons. The minimum Gasteiger partial charge on any atom is -0.495 e. The summed E-state index contributed by atoms with van der Waals surface area (Å²) in [7, 11) is 1.57. The molecule has 1 heterocycles. The van der Waals surface area contributed by atoms with Gasteiger partial charge in [-0.15, -0.1) is 12.4 Å². The van der Waals surface area contributed by atoms with Gasteiger partial charge in [0.15, 0.2) is 0 Å². The number of hydrogen-bond acceptors (Lipinski definition) is 5. The maximum absolute atomic E-state index is 11.5. The van der Waals surface area contributed by atoms with Crippen LogP contribution < -0.4 is 10.5 Å². The fourth-order valence-corrected chi connectivity index (χ4v) is 3.89. The van der Waals surface area contributed by atoms with E-state index in [9.17, 15) is 9.90 Å². The van der Waals surface area contributed by atoms with Crippen LogP contribution >= 0.6 is 24.0 Å². The van der Waals surface area contributed by atoms with E-state index in [-0.39, 0.29) is 23.7 Å². The Balaban J connectivity index is 0.00000338. The van der Waals surface area contributed by atoms with Gasteiger partial charge in [-0.3, -0.25) is 0 Å². The Morgan fingerprint density at radius 2 is 2.12 bits per heavy atom. The number of ether oxygens (including phenoxy) is 1. The van der Waals surface area contributed by atoms with Gasteiger partial charge in [0.05, 0.1) is 23.8 Å². The molecule has 1 aliphatic rings. The zero-order valence-electron chi connectivity index (χ0n) is 15.9. The van der Waals surface area contributed by atoms with Crippen LogP contribution in [0.15, 0.2) is 18.2 Å². The van der Waals surface area contributed by atoms with Crippen molar-refractivity contribution in [2.24, 2.45) is 17.1 Å². The Morgan fingerprint density at radius 3 is 2.65 bits per heavy atom. The van der Waals surface area contributed by atoms with E-state index in [0.717, 1.165) is 24.9 Å². The second-order valence-electron chi connectivity index (χ2n) is 7.77. The summed E-state index contributed by atoms with van der Waals surface area (Å²) in [5.74, 6) is 0.645. The number of nitrogens with zero attached hydrogens (tertiary/aromatic N) is 1. The molecule has 26 heavy (non-hydrogen) atoms. The van der Waals surface area contributed by atoms with Crippen molar-refractivity contribution in [3.05, 3.63) is 28.8 Å². The van der Waals surface area contributed by atoms with Crippen LogP contribution in [0, 0.1) is 11.3 Å². The van der Waals surface area contributed by atoms with Gasteiger partial charge in [-0.25, -0.2) is 0 Å². The van der Waals surface area contributed by atoms with E-state index in [1.807, 2.05) is 19.1 Å². The third-order valence-electron chi connectivity index (χ3n) is 5.52. The van der Waals surface area contributed by atoms with Crippen molar-refractivity contribution in [2.45, 2.75) is 38.8 Å². The molecule has 1 saturated heterocycles. The third-order valence-corrected chi connectivity index (χ3v) is 5.83. The summed E-state index contributed by atoms with van der Waals surface area (Å²) in [5, 5.41) is 12.0. The highest BCUT2D eigenvalue weighted by molar-refractivity contribution is 6.32. The number of halogens is 2. The lowest BCUT2D eigenvalue weighted by Gasteiger charge is -2.51. The molecule has 0 aliphatic carbocycles. The molecule has 1 aromatic rings. The molecule has 5 nitrogen and oxygen atoms in total. The number of aliphatic hydroxyl groups is 1. The number of likely N-dealkylation sites (tertiary alicyclic amines) is 1. The maximum atomic E-state index is 11.5. The molecule has 0 radical (unpaired) electrons. The largest absolute Gasteiger partial charge is 0.495 e. The Morgan fingerprint density at radius 1 is 1.46 bits per heavy atom. The van der Waals surface area contributed by atoms with Gasteiger partial charge in [0.1, 0.15) is 12.0 Å². The fourth-order valence-electron chi connectivity index (χ4n) is 3.70. The summed E-state index contributed by atoms with van der Waals surface area (Å²) >= 11 is 6.12. The van der Waals surface area contributed by atoms with E-state index in [1.165, 1.54) is 0 Å². The standard InChI is InChI=1S/C19H29ClN2O3.ClH/c1-13(16(21)11-23)10-22-8-7-19(24,18(2,3)12-22)14-5-6-15(20)17(9-14)25-4;/h5-6,9,11,13,16,24H,7-8,10,12,21H2,1-4H3;1H/t13?,16-,19?;/m0./s1. The molecule has 2 rings (SSSR count). The van der Waals surface area contributed by atoms with Crippen molar-refractivity contribution in [1.29, 1.82) is 0 Å². The smallest absolute Gasteiger partial charge is 0.137 e. The first-order valence-corrected chi connectivity index (χ1v) is 9.02. The van der Waals surface area contributed by atoms with Gasteiger partial charge in [0, 0.05) is 25.0 Å². The molecular weight excluding hydrogens is 375 g/mol. The monoisotopic (exact) mass is 404 g/mol. The molecule has 2 unspecified atom stereocenters. The van der Waals surface area contributed by atoms with E-state index < -0.39 is 11.6 Å². The van der Waals surface area contributed by atoms with E-state index in [0.29, 0.717) is 23.7 Å². The van der Waals surface area contributed by atoms with E-state index in [4.69, 9.17) is 22.1 Å². The Labute approximate surface area is 167 Å². The second kappa shape index (κ2) is 8.89. The lowest BCUT2D eigenvalue weighted by molar-refractivity contribution is -0.128. The normalized spacial score (nSPS) is 25.0. The Bertz CT molecular complexity index is 627. The van der Waals surface area contributed by atoms with Gasteiger partial charge in [0.2, 0.25) is 0 Å². The molecule has 7 heteroatoms. The molecule has 1 fully saturated rings. The molecule has 0 saturated carbocycles. The second-order valence-corrected chi connectivity index (χ2v) is 8.18. The van der Waals surface area contributed by atoms with Crippen LogP contribution in [-0.2, 0) is 10.4 Å². The van der Waals surface area contributed by atoms with Gasteiger partial charge in [-0.05, 0) is 30.0 Å². The highest BCUT2D eigenvalue weighted by atomic mass is 35.5. The van der Waals surface area contributed by atoms with E-state index in [1.54, 1.807) is 13.2 Å². The van der Waals surface area contributed by atoms with E-state index in [2.05, 4.69) is 18.7 Å². The molecule has 3 N–H and O–H groups in total. The Kier molecular flexibility index (Phi) is 7.93. The average molecular weight is 405 g/mol. The van der Waals surface area contributed by atoms with Gasteiger partial charge in [-0.2, -0.15) is 0 Å². The van der Waals surface area contributed by atoms with Crippen molar-refractivity contribution in [3.63, 3.8) is 0 Å². The summed E-state index contributed by atoms with van der Waals surface area (Å²) in [5.41, 5.74) is 5.28. The van der Waals surface area contributed by atoms with Crippen molar-refractivity contribution < 1.29 is 14.6 Å². The van der Waals surface area contributed by atoms with Crippen LogP contribution in [0.5, 0.6) is 5.75 Å². The van der Waals surface area contributed by atoms with Crippen LogP contribution in [0.1, 0.15) is 32.8 Å². The summed E-state index contributed by atoms with van der Waals surface area (Å²) in [6.07, 6.45) is 1.39. The number of piperidine rings is 1. The van der Waals surface area contributed by atoms with Gasteiger partial charge in [-0.1, -0.05) is 38.4 Å². The third kappa shape index (κ3) is 4.52. The number of nitrogens with two attached hydrogens (primary N) is 1. The van der Waals surface area contributed by atoms with Gasteiger partial charge >= 0.3 is 0 Å². The number of carbonyl (C=O) groups is 1. The van der Waals surface area contributed by atoms with Crippen LogP contribution in [0.2, 0.25) is 5.02 Å². The molecule has 3 atom stereocenters. The molecule has 0 spiro atoms. The first-order valence-electron chi connectivity index (χ1n) is 8.64. The van der Waals surface area contributed by atoms with Crippen molar-refractivity contribution in [2.75, 3.05) is 26.7 Å². The first-order chi connectivity index (χ1) is 11.6. The zero-order valence-corrected chi connectivity index (χ0v) is 17.4. The first kappa shape index (κ1) is 23.2. The van der Waals surface area contributed by atoms with Crippen molar-refractivity contribution in [3.8, 4) is 5.75 Å². The molecule has 1 aliphatic heterocycles. The van der Waals surface area contributed by atoms with Crippen LogP contribution in [-0.4, -0.2) is 49.1 Å². The number of rotatable bonds is 6. The SMILES string of the molecule is COc1cc(C2(O)CCN(CC(C)[C@@H](N)C=O)CC2(C)C)ccc1Cl.Cl. The topological polar surface area (TPSA) is 75.8 Å². The molecule has 1 aromatic carbocycles. The molecule has 0 bridgehead atoms. The molecular formula is C19H30Cl2N2O3. The number of methoxy groups -OCH3 is 1. The van der Waals surface area contributed by atoms with Gasteiger partial charge in [0.25, 0.3) is 0 Å². The summed E-state index contributed by atoms with van der Waals surface area (Å²) in [4.78, 5) is 13.2. The number of hydrogen-bond donors (Lipinski definition) is 2. The number of aldehydes is 1. The lowest BCUT2D eigenvalue weighted by Crippen LogP contribution is -2.56. The highest BCUT2D eigenvalue weighted by Gasteiger charge is 2.49. The van der Waals surface area contributed by atoms with Crippen molar-refractivity contribution in [1.82, 2.24) is 4.90 Å². The average Bonchev–Trinajstić information content (AvgIpc) is 2.57. The number of benzene rings is 1.